The highest BCUT2D eigenvalue weighted by molar-refractivity contribution is 6.34. The highest BCUT2D eigenvalue weighted by atomic mass is 35.5. The van der Waals surface area contributed by atoms with Crippen LogP contribution in [0.2, 0.25) is 5.02 Å². The van der Waals surface area contributed by atoms with E-state index < -0.39 is 23.8 Å². The number of carboxylic acid groups (broad SMARTS) is 1. The number of amides is 2. The number of rotatable bonds is 7. The van der Waals surface area contributed by atoms with Crippen LogP contribution in [0.25, 0.3) is 0 Å². The summed E-state index contributed by atoms with van der Waals surface area (Å²) >= 11 is 6.05. The summed E-state index contributed by atoms with van der Waals surface area (Å²) in [7, 11) is 0. The minimum atomic E-state index is -1.10. The molecule has 0 fully saturated rings. The number of aliphatic carboxylic acids is 1. The number of carbonyl (C=O) groups excluding carboxylic acids is 2. The first-order valence-electron chi connectivity index (χ1n) is 7.27. The van der Waals surface area contributed by atoms with E-state index in [1.54, 1.807) is 25.1 Å². The Bertz CT molecular complexity index is 602. The van der Waals surface area contributed by atoms with Crippen LogP contribution in [0.15, 0.2) is 18.2 Å². The second kappa shape index (κ2) is 8.53. The molecule has 0 aliphatic rings. The van der Waals surface area contributed by atoms with Crippen molar-refractivity contribution in [2.75, 3.05) is 6.54 Å². The van der Waals surface area contributed by atoms with Gasteiger partial charge in [-0.15, -0.1) is 0 Å². The average molecular weight is 341 g/mol. The van der Waals surface area contributed by atoms with E-state index in [1.807, 2.05) is 13.8 Å². The van der Waals surface area contributed by atoms with Crippen molar-refractivity contribution in [2.24, 2.45) is 5.92 Å². The van der Waals surface area contributed by atoms with Crippen molar-refractivity contribution in [1.29, 1.82) is 0 Å². The maximum absolute atomic E-state index is 12.0. The lowest BCUT2D eigenvalue weighted by Gasteiger charge is -2.16. The monoisotopic (exact) mass is 340 g/mol. The predicted molar refractivity (Wildman–Crippen MR) is 87.5 cm³/mol. The molecule has 0 aliphatic carbocycles. The first-order valence-corrected chi connectivity index (χ1v) is 7.65. The normalized spacial score (nSPS) is 11.9. The highest BCUT2D eigenvalue weighted by Gasteiger charge is 2.21. The Morgan fingerprint density at radius 2 is 1.91 bits per heavy atom. The number of hydrogen-bond acceptors (Lipinski definition) is 3. The smallest absolute Gasteiger partial charge is 0.326 e. The zero-order valence-corrected chi connectivity index (χ0v) is 14.1. The second-order valence-electron chi connectivity index (χ2n) is 5.71. The lowest BCUT2D eigenvalue weighted by Crippen LogP contribution is -2.46. The fourth-order valence-electron chi connectivity index (χ4n) is 2.02. The topological polar surface area (TPSA) is 95.5 Å². The zero-order valence-electron chi connectivity index (χ0n) is 13.4. The maximum Gasteiger partial charge on any atom is 0.326 e. The van der Waals surface area contributed by atoms with E-state index in [0.717, 1.165) is 5.56 Å². The van der Waals surface area contributed by atoms with E-state index in [0.29, 0.717) is 11.4 Å². The molecule has 1 atom stereocenters. The highest BCUT2D eigenvalue weighted by Crippen LogP contribution is 2.19. The number of hydrogen-bond donors (Lipinski definition) is 3. The third-order valence-corrected chi connectivity index (χ3v) is 3.69. The largest absolute Gasteiger partial charge is 0.480 e. The van der Waals surface area contributed by atoms with Crippen LogP contribution >= 0.6 is 11.6 Å². The first-order chi connectivity index (χ1) is 10.7. The average Bonchev–Trinajstić information content (AvgIpc) is 2.46. The van der Waals surface area contributed by atoms with Crippen LogP contribution in [-0.2, 0) is 9.59 Å². The predicted octanol–water partition coefficient (Wildman–Crippen LogP) is 1.99. The van der Waals surface area contributed by atoms with Crippen LogP contribution in [-0.4, -0.2) is 35.5 Å². The molecule has 0 aliphatic heterocycles. The fraction of sp³-hybridized carbons (Fsp3) is 0.438. The number of benzene rings is 1. The van der Waals surface area contributed by atoms with Gasteiger partial charge in [0.1, 0.15) is 6.04 Å². The Morgan fingerprint density at radius 1 is 1.26 bits per heavy atom. The molecule has 126 valence electrons. The summed E-state index contributed by atoms with van der Waals surface area (Å²) in [6.45, 7) is 5.19. The van der Waals surface area contributed by atoms with Gasteiger partial charge in [-0.3, -0.25) is 9.59 Å². The van der Waals surface area contributed by atoms with Crippen LogP contribution in [0.3, 0.4) is 0 Å². The third-order valence-electron chi connectivity index (χ3n) is 3.19. The Hall–Kier alpha value is -2.08. The number of carboxylic acids is 1. The summed E-state index contributed by atoms with van der Waals surface area (Å²) in [5, 5.41) is 14.2. The molecule has 23 heavy (non-hydrogen) atoms. The number of aryl methyl sites for hydroxylation is 1. The van der Waals surface area contributed by atoms with Crippen LogP contribution < -0.4 is 10.6 Å². The standard InChI is InChI=1S/C16H21ClN2O4/c1-9(2)7-12(16(22)23)19-13(20)8-18-15(21)11-6-4-5-10(3)14(11)17/h4-6,9,12H,7-8H2,1-3H3,(H,18,21)(H,19,20)(H,22,23)/t12-/m0/s1. The van der Waals surface area contributed by atoms with Crippen molar-refractivity contribution >= 4 is 29.4 Å². The number of carbonyl (C=O) groups is 3. The zero-order chi connectivity index (χ0) is 17.6. The van der Waals surface area contributed by atoms with Gasteiger partial charge in [-0.05, 0) is 30.9 Å². The van der Waals surface area contributed by atoms with Gasteiger partial charge in [0.25, 0.3) is 5.91 Å². The molecule has 2 amide bonds. The van der Waals surface area contributed by atoms with Gasteiger partial charge in [0.15, 0.2) is 0 Å². The molecule has 0 bridgehead atoms. The van der Waals surface area contributed by atoms with Gasteiger partial charge >= 0.3 is 5.97 Å². The molecule has 7 heteroatoms. The van der Waals surface area contributed by atoms with E-state index in [4.69, 9.17) is 16.7 Å². The molecular formula is C16H21ClN2O4. The van der Waals surface area contributed by atoms with E-state index in [2.05, 4.69) is 10.6 Å². The minimum Gasteiger partial charge on any atom is -0.480 e. The molecule has 6 nitrogen and oxygen atoms in total. The van der Waals surface area contributed by atoms with Crippen molar-refractivity contribution in [3.05, 3.63) is 34.3 Å². The lowest BCUT2D eigenvalue weighted by atomic mass is 10.0. The molecule has 0 saturated carbocycles. The van der Waals surface area contributed by atoms with E-state index in [-0.39, 0.29) is 18.0 Å². The van der Waals surface area contributed by atoms with Crippen LogP contribution in [0, 0.1) is 12.8 Å². The first kappa shape index (κ1) is 19.0. The second-order valence-corrected chi connectivity index (χ2v) is 6.08. The van der Waals surface area contributed by atoms with E-state index in [9.17, 15) is 14.4 Å². The van der Waals surface area contributed by atoms with Crippen molar-refractivity contribution in [3.8, 4) is 0 Å². The summed E-state index contributed by atoms with van der Waals surface area (Å²) in [4.78, 5) is 34.9. The van der Waals surface area contributed by atoms with Gasteiger partial charge in [0.05, 0.1) is 17.1 Å². The molecule has 0 radical (unpaired) electrons. The minimum absolute atomic E-state index is 0.122. The fourth-order valence-corrected chi connectivity index (χ4v) is 2.23. The van der Waals surface area contributed by atoms with Crippen molar-refractivity contribution in [2.45, 2.75) is 33.2 Å². The van der Waals surface area contributed by atoms with Gasteiger partial charge in [-0.2, -0.15) is 0 Å². The van der Waals surface area contributed by atoms with Gasteiger partial charge in [0.2, 0.25) is 5.91 Å². The molecule has 1 aromatic carbocycles. The Balaban J connectivity index is 2.60. The number of halogens is 1. The Morgan fingerprint density at radius 3 is 2.48 bits per heavy atom. The number of nitrogens with one attached hydrogen (secondary N) is 2. The summed E-state index contributed by atoms with van der Waals surface area (Å²) < 4.78 is 0. The van der Waals surface area contributed by atoms with E-state index >= 15 is 0 Å². The molecule has 0 aromatic heterocycles. The van der Waals surface area contributed by atoms with Gasteiger partial charge in [0, 0.05) is 0 Å². The Kier molecular flexibility index (Phi) is 7.03. The van der Waals surface area contributed by atoms with Gasteiger partial charge in [-0.25, -0.2) is 4.79 Å². The molecule has 3 N–H and O–H groups in total. The summed E-state index contributed by atoms with van der Waals surface area (Å²) in [5.41, 5.74) is 1.03. The summed E-state index contributed by atoms with van der Waals surface area (Å²) in [5.74, 6) is -2.02. The lowest BCUT2D eigenvalue weighted by molar-refractivity contribution is -0.142. The van der Waals surface area contributed by atoms with Crippen LogP contribution in [0.4, 0.5) is 0 Å². The molecule has 0 saturated heterocycles. The summed E-state index contributed by atoms with van der Waals surface area (Å²) in [6, 6.07) is 4.05. The van der Waals surface area contributed by atoms with E-state index in [1.165, 1.54) is 0 Å². The van der Waals surface area contributed by atoms with Crippen molar-refractivity contribution < 1.29 is 19.5 Å². The SMILES string of the molecule is Cc1cccc(C(=O)NCC(=O)N[C@@H](CC(C)C)C(=O)O)c1Cl. The molecule has 1 rings (SSSR count). The molecule has 0 heterocycles. The quantitative estimate of drug-likeness (QED) is 0.707. The van der Waals surface area contributed by atoms with Gasteiger partial charge in [-0.1, -0.05) is 37.6 Å². The Labute approximate surface area is 140 Å². The van der Waals surface area contributed by atoms with Crippen LogP contribution in [0.1, 0.15) is 36.2 Å². The van der Waals surface area contributed by atoms with Crippen LogP contribution in [0.5, 0.6) is 0 Å². The summed E-state index contributed by atoms with van der Waals surface area (Å²) in [6.07, 6.45) is 0.318. The molecular weight excluding hydrogens is 320 g/mol. The maximum atomic E-state index is 12.0. The molecule has 1 aromatic rings. The van der Waals surface area contributed by atoms with Gasteiger partial charge < -0.3 is 15.7 Å². The molecule has 0 spiro atoms. The van der Waals surface area contributed by atoms with Crippen molar-refractivity contribution in [3.63, 3.8) is 0 Å². The van der Waals surface area contributed by atoms with Crippen molar-refractivity contribution in [1.82, 2.24) is 10.6 Å². The third kappa shape index (κ3) is 5.90. The molecule has 0 unspecified atom stereocenters.